The largest absolute Gasteiger partial charge is 0.399 e. The Morgan fingerprint density at radius 3 is 2.65 bits per heavy atom. The van der Waals surface area contributed by atoms with Crippen molar-refractivity contribution < 1.29 is 5.11 Å². The lowest BCUT2D eigenvalue weighted by molar-refractivity contribution is 0.135. The number of rotatable bonds is 7. The lowest BCUT2D eigenvalue weighted by Gasteiger charge is -2.29. The lowest BCUT2D eigenvalue weighted by atomic mass is 10.1. The fourth-order valence-corrected chi connectivity index (χ4v) is 2.12. The van der Waals surface area contributed by atoms with Gasteiger partial charge >= 0.3 is 0 Å². The van der Waals surface area contributed by atoms with Gasteiger partial charge in [-0.2, -0.15) is 0 Å². The lowest BCUT2D eigenvalue weighted by Crippen LogP contribution is -2.36. The molecule has 0 aliphatic heterocycles. The maximum Gasteiger partial charge on any atom is 0.0564 e. The molecule has 1 aromatic rings. The summed E-state index contributed by atoms with van der Waals surface area (Å²) in [6.45, 7) is 5.95. The highest BCUT2D eigenvalue weighted by Crippen LogP contribution is 2.13. The first-order valence-corrected chi connectivity index (χ1v) is 6.26. The average Bonchev–Trinajstić information content (AvgIpc) is 2.31. The SMILES string of the molecule is CCC(CC)N(CCO)Cc1cc(N)ccn1. The summed E-state index contributed by atoms with van der Waals surface area (Å²) in [6, 6.07) is 4.18. The third kappa shape index (κ3) is 4.32. The molecule has 96 valence electrons. The van der Waals surface area contributed by atoms with E-state index in [1.165, 1.54) is 0 Å². The minimum Gasteiger partial charge on any atom is -0.399 e. The van der Waals surface area contributed by atoms with Gasteiger partial charge in [-0.05, 0) is 25.0 Å². The fourth-order valence-electron chi connectivity index (χ4n) is 2.12. The predicted molar refractivity (Wildman–Crippen MR) is 70.5 cm³/mol. The van der Waals surface area contributed by atoms with Crippen LogP contribution >= 0.6 is 0 Å². The Labute approximate surface area is 103 Å². The van der Waals surface area contributed by atoms with Crippen LogP contribution in [0.2, 0.25) is 0 Å². The van der Waals surface area contributed by atoms with Gasteiger partial charge in [0.25, 0.3) is 0 Å². The number of aliphatic hydroxyl groups excluding tert-OH is 1. The molecule has 0 fully saturated rings. The van der Waals surface area contributed by atoms with Crippen LogP contribution in [0.25, 0.3) is 0 Å². The fraction of sp³-hybridized carbons (Fsp3) is 0.615. The predicted octanol–water partition coefficient (Wildman–Crippen LogP) is 1.65. The van der Waals surface area contributed by atoms with Crippen molar-refractivity contribution in [3.8, 4) is 0 Å². The van der Waals surface area contributed by atoms with Crippen LogP contribution in [-0.2, 0) is 6.54 Å². The highest BCUT2D eigenvalue weighted by Gasteiger charge is 2.15. The summed E-state index contributed by atoms with van der Waals surface area (Å²) in [5.41, 5.74) is 7.44. The van der Waals surface area contributed by atoms with E-state index in [-0.39, 0.29) is 6.61 Å². The molecular weight excluding hydrogens is 214 g/mol. The molecule has 0 bridgehead atoms. The van der Waals surface area contributed by atoms with Crippen LogP contribution in [0.5, 0.6) is 0 Å². The van der Waals surface area contributed by atoms with Crippen LogP contribution in [0.3, 0.4) is 0 Å². The molecule has 0 atom stereocenters. The monoisotopic (exact) mass is 237 g/mol. The van der Waals surface area contributed by atoms with Gasteiger partial charge in [0.2, 0.25) is 0 Å². The molecule has 0 amide bonds. The average molecular weight is 237 g/mol. The molecular formula is C13H23N3O. The first kappa shape index (κ1) is 13.9. The first-order chi connectivity index (χ1) is 8.21. The van der Waals surface area contributed by atoms with Crippen molar-refractivity contribution in [2.75, 3.05) is 18.9 Å². The van der Waals surface area contributed by atoms with E-state index in [9.17, 15) is 0 Å². The number of anilines is 1. The molecule has 0 saturated heterocycles. The maximum absolute atomic E-state index is 9.12. The molecule has 0 unspecified atom stereocenters. The summed E-state index contributed by atoms with van der Waals surface area (Å²) in [6.07, 6.45) is 3.90. The Bertz CT molecular complexity index is 326. The Hall–Kier alpha value is -1.13. The highest BCUT2D eigenvalue weighted by atomic mass is 16.3. The van der Waals surface area contributed by atoms with Crippen molar-refractivity contribution in [3.63, 3.8) is 0 Å². The van der Waals surface area contributed by atoms with E-state index in [1.54, 1.807) is 12.3 Å². The van der Waals surface area contributed by atoms with Gasteiger partial charge in [0.1, 0.15) is 0 Å². The Balaban J connectivity index is 2.71. The highest BCUT2D eigenvalue weighted by molar-refractivity contribution is 5.37. The number of hydrogen-bond donors (Lipinski definition) is 2. The second-order valence-electron chi connectivity index (χ2n) is 4.24. The van der Waals surface area contributed by atoms with E-state index in [0.29, 0.717) is 12.6 Å². The summed E-state index contributed by atoms with van der Waals surface area (Å²) in [5, 5.41) is 9.12. The number of hydrogen-bond acceptors (Lipinski definition) is 4. The minimum atomic E-state index is 0.179. The summed E-state index contributed by atoms with van der Waals surface area (Å²) >= 11 is 0. The molecule has 1 aromatic heterocycles. The van der Waals surface area contributed by atoms with Crippen LogP contribution in [0.4, 0.5) is 5.69 Å². The van der Waals surface area contributed by atoms with Crippen LogP contribution in [0.15, 0.2) is 18.3 Å². The molecule has 0 spiro atoms. The number of aromatic nitrogens is 1. The second-order valence-corrected chi connectivity index (χ2v) is 4.24. The first-order valence-electron chi connectivity index (χ1n) is 6.26. The number of nitrogen functional groups attached to an aromatic ring is 1. The smallest absolute Gasteiger partial charge is 0.0564 e. The van der Waals surface area contributed by atoms with Gasteiger partial charge in [-0.3, -0.25) is 9.88 Å². The molecule has 0 aromatic carbocycles. The standard InChI is InChI=1S/C13H23N3O/c1-3-13(4-2)16(7-8-17)10-12-9-11(14)5-6-15-12/h5-6,9,13,17H,3-4,7-8,10H2,1-2H3,(H2,14,15). The summed E-state index contributed by atoms with van der Waals surface area (Å²) in [7, 11) is 0. The van der Waals surface area contributed by atoms with Crippen molar-refractivity contribution in [2.24, 2.45) is 0 Å². The second kappa shape index (κ2) is 7.25. The third-order valence-electron chi connectivity index (χ3n) is 3.05. The third-order valence-corrected chi connectivity index (χ3v) is 3.05. The molecule has 3 N–H and O–H groups in total. The van der Waals surface area contributed by atoms with Crippen molar-refractivity contribution in [2.45, 2.75) is 39.3 Å². The molecule has 4 heteroatoms. The molecule has 0 aliphatic carbocycles. The minimum absolute atomic E-state index is 0.179. The van der Waals surface area contributed by atoms with Crippen molar-refractivity contribution in [3.05, 3.63) is 24.0 Å². The van der Waals surface area contributed by atoms with E-state index < -0.39 is 0 Å². The van der Waals surface area contributed by atoms with Gasteiger partial charge in [0.15, 0.2) is 0 Å². The molecule has 1 heterocycles. The van der Waals surface area contributed by atoms with Crippen molar-refractivity contribution in [1.82, 2.24) is 9.88 Å². The number of nitrogens with zero attached hydrogens (tertiary/aromatic N) is 2. The van der Waals surface area contributed by atoms with Crippen molar-refractivity contribution >= 4 is 5.69 Å². The molecule has 1 rings (SSSR count). The zero-order valence-electron chi connectivity index (χ0n) is 10.8. The Morgan fingerprint density at radius 2 is 2.12 bits per heavy atom. The number of pyridine rings is 1. The quantitative estimate of drug-likeness (QED) is 0.757. The molecule has 0 aliphatic rings. The van der Waals surface area contributed by atoms with Gasteiger partial charge in [-0.15, -0.1) is 0 Å². The molecule has 17 heavy (non-hydrogen) atoms. The van der Waals surface area contributed by atoms with Gasteiger partial charge in [-0.25, -0.2) is 0 Å². The molecule has 4 nitrogen and oxygen atoms in total. The van der Waals surface area contributed by atoms with Crippen molar-refractivity contribution in [1.29, 1.82) is 0 Å². The van der Waals surface area contributed by atoms with Gasteiger partial charge < -0.3 is 10.8 Å². The summed E-state index contributed by atoms with van der Waals surface area (Å²) in [5.74, 6) is 0. The summed E-state index contributed by atoms with van der Waals surface area (Å²) < 4.78 is 0. The van der Waals surface area contributed by atoms with Crippen LogP contribution < -0.4 is 5.73 Å². The maximum atomic E-state index is 9.12. The number of nitrogens with two attached hydrogens (primary N) is 1. The Kier molecular flexibility index (Phi) is 5.94. The van der Waals surface area contributed by atoms with E-state index in [1.807, 2.05) is 6.07 Å². The zero-order chi connectivity index (χ0) is 12.7. The zero-order valence-corrected chi connectivity index (χ0v) is 10.8. The van der Waals surface area contributed by atoms with Gasteiger partial charge in [-0.1, -0.05) is 13.8 Å². The topological polar surface area (TPSA) is 62.4 Å². The van der Waals surface area contributed by atoms with Crippen LogP contribution in [-0.4, -0.2) is 34.2 Å². The van der Waals surface area contributed by atoms with Gasteiger partial charge in [0.05, 0.1) is 12.3 Å². The molecule has 0 radical (unpaired) electrons. The van der Waals surface area contributed by atoms with Crippen LogP contribution in [0.1, 0.15) is 32.4 Å². The number of aliphatic hydroxyl groups is 1. The van der Waals surface area contributed by atoms with E-state index in [0.717, 1.165) is 30.8 Å². The van der Waals surface area contributed by atoms with Crippen LogP contribution in [0, 0.1) is 0 Å². The normalized spacial score (nSPS) is 11.4. The van der Waals surface area contributed by atoms with E-state index in [2.05, 4.69) is 23.7 Å². The molecule has 0 saturated carbocycles. The van der Waals surface area contributed by atoms with E-state index >= 15 is 0 Å². The Morgan fingerprint density at radius 1 is 1.41 bits per heavy atom. The summed E-state index contributed by atoms with van der Waals surface area (Å²) in [4.78, 5) is 6.57. The van der Waals surface area contributed by atoms with E-state index in [4.69, 9.17) is 10.8 Å². The van der Waals surface area contributed by atoms with Gasteiger partial charge in [0, 0.05) is 31.0 Å².